The van der Waals surface area contributed by atoms with E-state index in [2.05, 4.69) is 9.97 Å². The van der Waals surface area contributed by atoms with Crippen molar-refractivity contribution in [1.82, 2.24) is 19.4 Å². The topological polar surface area (TPSA) is 60.2 Å². The van der Waals surface area contributed by atoms with E-state index in [4.69, 9.17) is 4.74 Å². The van der Waals surface area contributed by atoms with Gasteiger partial charge in [-0.1, -0.05) is 0 Å². The molecule has 6 heteroatoms. The highest BCUT2D eigenvalue weighted by Crippen LogP contribution is 2.22. The summed E-state index contributed by atoms with van der Waals surface area (Å²) in [5.74, 6) is 0.198. The van der Waals surface area contributed by atoms with E-state index < -0.39 is 0 Å². The average Bonchev–Trinajstić information content (AvgIpc) is 3.08. The van der Waals surface area contributed by atoms with Crippen molar-refractivity contribution in [3.8, 4) is 0 Å². The molecule has 1 unspecified atom stereocenters. The molecule has 1 aliphatic heterocycles. The highest BCUT2D eigenvalue weighted by atomic mass is 16.5. The van der Waals surface area contributed by atoms with Gasteiger partial charge in [-0.25, -0.2) is 4.98 Å². The summed E-state index contributed by atoms with van der Waals surface area (Å²) in [6.07, 6.45) is 8.57. The highest BCUT2D eigenvalue weighted by molar-refractivity contribution is 5.76. The van der Waals surface area contributed by atoms with E-state index in [-0.39, 0.29) is 12.0 Å². The molecule has 1 fully saturated rings. The van der Waals surface area contributed by atoms with Crippen molar-refractivity contribution in [2.45, 2.75) is 32.4 Å². The maximum absolute atomic E-state index is 12.4. The van der Waals surface area contributed by atoms with Crippen molar-refractivity contribution in [3.63, 3.8) is 0 Å². The summed E-state index contributed by atoms with van der Waals surface area (Å²) in [5, 5.41) is 0. The summed E-state index contributed by atoms with van der Waals surface area (Å²) in [7, 11) is 0. The van der Waals surface area contributed by atoms with E-state index in [9.17, 15) is 4.79 Å². The van der Waals surface area contributed by atoms with Crippen LogP contribution in [0.5, 0.6) is 0 Å². The van der Waals surface area contributed by atoms with Gasteiger partial charge in [-0.3, -0.25) is 9.78 Å². The number of hydrogen-bond acceptors (Lipinski definition) is 4. The Morgan fingerprint density at radius 3 is 3.13 bits per heavy atom. The lowest BCUT2D eigenvalue weighted by Gasteiger charge is -2.33. The summed E-state index contributed by atoms with van der Waals surface area (Å²) in [6, 6.07) is 3.99. The van der Waals surface area contributed by atoms with E-state index in [0.717, 1.165) is 24.2 Å². The molecule has 1 amide bonds. The van der Waals surface area contributed by atoms with Gasteiger partial charge in [-0.05, 0) is 31.0 Å². The van der Waals surface area contributed by atoms with Crippen LogP contribution in [0.15, 0.2) is 37.1 Å². The summed E-state index contributed by atoms with van der Waals surface area (Å²) in [5.41, 5.74) is 2.06. The van der Waals surface area contributed by atoms with Gasteiger partial charge in [0.05, 0.1) is 19.5 Å². The first kappa shape index (κ1) is 15.7. The van der Waals surface area contributed by atoms with Gasteiger partial charge in [0.25, 0.3) is 0 Å². The SMILES string of the molecule is Cc1cc(C2CN(C(=O)CCCn3ccnc3)CCO2)ccn1. The van der Waals surface area contributed by atoms with E-state index >= 15 is 0 Å². The quantitative estimate of drug-likeness (QED) is 0.846. The van der Waals surface area contributed by atoms with Gasteiger partial charge in [0.1, 0.15) is 6.10 Å². The van der Waals surface area contributed by atoms with Gasteiger partial charge >= 0.3 is 0 Å². The Labute approximate surface area is 136 Å². The molecule has 0 saturated carbocycles. The Kier molecular flexibility index (Phi) is 5.02. The minimum absolute atomic E-state index is 0.0527. The minimum atomic E-state index is -0.0527. The Morgan fingerprint density at radius 2 is 2.35 bits per heavy atom. The molecule has 2 aromatic rings. The standard InChI is InChI=1S/C17H22N4O2/c1-14-11-15(4-5-19-14)16-12-21(9-10-23-16)17(22)3-2-7-20-8-6-18-13-20/h4-6,8,11,13,16H,2-3,7,9-10,12H2,1H3. The third kappa shape index (κ3) is 4.16. The van der Waals surface area contributed by atoms with E-state index in [1.807, 2.05) is 34.7 Å². The fraction of sp³-hybridized carbons (Fsp3) is 0.471. The summed E-state index contributed by atoms with van der Waals surface area (Å²) < 4.78 is 7.82. The number of carbonyl (C=O) groups is 1. The molecule has 0 aromatic carbocycles. The average molecular weight is 314 g/mol. The van der Waals surface area contributed by atoms with Gasteiger partial charge < -0.3 is 14.2 Å². The van der Waals surface area contributed by atoms with Crippen LogP contribution in [-0.4, -0.2) is 45.0 Å². The number of aromatic nitrogens is 3. The number of rotatable bonds is 5. The zero-order chi connectivity index (χ0) is 16.1. The Balaban J connectivity index is 1.52. The number of morpholine rings is 1. The highest BCUT2D eigenvalue weighted by Gasteiger charge is 2.25. The van der Waals surface area contributed by atoms with Crippen molar-refractivity contribution >= 4 is 5.91 Å². The van der Waals surface area contributed by atoms with Crippen LogP contribution in [-0.2, 0) is 16.1 Å². The van der Waals surface area contributed by atoms with Gasteiger partial charge in [-0.15, -0.1) is 0 Å². The molecule has 0 spiro atoms. The second kappa shape index (κ2) is 7.37. The third-order valence-electron chi connectivity index (χ3n) is 4.08. The smallest absolute Gasteiger partial charge is 0.222 e. The van der Waals surface area contributed by atoms with Crippen molar-refractivity contribution in [2.75, 3.05) is 19.7 Å². The maximum atomic E-state index is 12.4. The van der Waals surface area contributed by atoms with Crippen molar-refractivity contribution in [1.29, 1.82) is 0 Å². The molecule has 3 heterocycles. The molecule has 0 aliphatic carbocycles. The van der Waals surface area contributed by atoms with Crippen LogP contribution in [0, 0.1) is 6.92 Å². The molecule has 6 nitrogen and oxygen atoms in total. The van der Waals surface area contributed by atoms with Crippen molar-refractivity contribution < 1.29 is 9.53 Å². The van der Waals surface area contributed by atoms with E-state index in [0.29, 0.717) is 26.1 Å². The molecule has 3 rings (SSSR count). The molecular formula is C17H22N4O2. The number of pyridine rings is 1. The molecule has 1 atom stereocenters. The monoisotopic (exact) mass is 314 g/mol. The van der Waals surface area contributed by atoms with E-state index in [1.54, 1.807) is 18.7 Å². The Bertz CT molecular complexity index is 642. The predicted octanol–water partition coefficient (Wildman–Crippen LogP) is 1.97. The molecule has 0 N–H and O–H groups in total. The number of aryl methyl sites for hydroxylation is 2. The molecule has 1 aliphatic rings. The lowest BCUT2D eigenvalue weighted by Crippen LogP contribution is -2.42. The van der Waals surface area contributed by atoms with Crippen LogP contribution in [0.4, 0.5) is 0 Å². The van der Waals surface area contributed by atoms with Gasteiger partial charge in [0, 0.05) is 43.8 Å². The number of imidazole rings is 1. The second-order valence-corrected chi connectivity index (χ2v) is 5.83. The number of amides is 1. The first-order valence-electron chi connectivity index (χ1n) is 8.00. The number of ether oxygens (including phenoxy) is 1. The fourth-order valence-electron chi connectivity index (χ4n) is 2.84. The maximum Gasteiger partial charge on any atom is 0.222 e. The Morgan fingerprint density at radius 1 is 1.43 bits per heavy atom. The molecule has 1 saturated heterocycles. The molecule has 122 valence electrons. The summed E-state index contributed by atoms with van der Waals surface area (Å²) >= 11 is 0. The zero-order valence-electron chi connectivity index (χ0n) is 13.4. The summed E-state index contributed by atoms with van der Waals surface area (Å²) in [6.45, 7) is 4.66. The fourth-order valence-corrected chi connectivity index (χ4v) is 2.84. The number of carbonyl (C=O) groups excluding carboxylic acids is 1. The van der Waals surface area contributed by atoms with Gasteiger partial charge in [-0.2, -0.15) is 0 Å². The molecule has 2 aromatic heterocycles. The molecule has 23 heavy (non-hydrogen) atoms. The predicted molar refractivity (Wildman–Crippen MR) is 85.7 cm³/mol. The zero-order valence-corrected chi connectivity index (χ0v) is 13.4. The summed E-state index contributed by atoms with van der Waals surface area (Å²) in [4.78, 5) is 22.5. The van der Waals surface area contributed by atoms with Crippen LogP contribution in [0.25, 0.3) is 0 Å². The second-order valence-electron chi connectivity index (χ2n) is 5.83. The number of hydrogen-bond donors (Lipinski definition) is 0. The van der Waals surface area contributed by atoms with Crippen LogP contribution in [0.2, 0.25) is 0 Å². The lowest BCUT2D eigenvalue weighted by atomic mass is 10.1. The van der Waals surface area contributed by atoms with Crippen molar-refractivity contribution in [3.05, 3.63) is 48.3 Å². The number of nitrogens with zero attached hydrogens (tertiary/aromatic N) is 4. The first-order valence-corrected chi connectivity index (χ1v) is 8.00. The van der Waals surface area contributed by atoms with E-state index in [1.165, 1.54) is 0 Å². The van der Waals surface area contributed by atoms with Crippen LogP contribution in [0.3, 0.4) is 0 Å². The van der Waals surface area contributed by atoms with Gasteiger partial charge in [0.2, 0.25) is 5.91 Å². The lowest BCUT2D eigenvalue weighted by molar-refractivity contribution is -0.139. The third-order valence-corrected chi connectivity index (χ3v) is 4.08. The van der Waals surface area contributed by atoms with Crippen LogP contribution < -0.4 is 0 Å². The first-order chi connectivity index (χ1) is 11.2. The normalized spacial score (nSPS) is 18.1. The molecule has 0 radical (unpaired) electrons. The van der Waals surface area contributed by atoms with Crippen molar-refractivity contribution in [2.24, 2.45) is 0 Å². The van der Waals surface area contributed by atoms with Crippen LogP contribution in [0.1, 0.15) is 30.2 Å². The van der Waals surface area contributed by atoms with Gasteiger partial charge in [0.15, 0.2) is 0 Å². The minimum Gasteiger partial charge on any atom is -0.370 e. The largest absolute Gasteiger partial charge is 0.370 e. The molecule has 0 bridgehead atoms. The van der Waals surface area contributed by atoms with Crippen LogP contribution >= 0.6 is 0 Å². The molecular weight excluding hydrogens is 292 g/mol. The Hall–Kier alpha value is -2.21.